The van der Waals surface area contributed by atoms with E-state index in [2.05, 4.69) is 0 Å². The summed E-state index contributed by atoms with van der Waals surface area (Å²) in [4.78, 5) is 8.56. The van der Waals surface area contributed by atoms with Crippen LogP contribution in [0.2, 0.25) is 0 Å². The molecule has 0 spiro atoms. The number of hydrogen-bond acceptors (Lipinski definition) is 1. The molecule has 0 aliphatic carbocycles. The molecule has 3 nitrogen and oxygen atoms in total. The third-order valence-electron chi connectivity index (χ3n) is 0. The molecule has 6 heavy (non-hydrogen) atoms. The Morgan fingerprint density at radius 2 is 1.33 bits per heavy atom. The summed E-state index contributed by atoms with van der Waals surface area (Å²) in [5.41, 5.74) is 0. The fourth-order valence-electron chi connectivity index (χ4n) is 0. The Morgan fingerprint density at radius 3 is 1.33 bits per heavy atom. The van der Waals surface area contributed by atoms with Crippen LogP contribution in [0.1, 0.15) is 0 Å². The van der Waals surface area contributed by atoms with Gasteiger partial charge in [-0.15, -0.1) is 0 Å². The SMILES string of the molecule is O=C(O)O.[F-].[Na+]. The van der Waals surface area contributed by atoms with E-state index in [1.54, 1.807) is 0 Å². The molecule has 0 fully saturated rings. The van der Waals surface area contributed by atoms with Gasteiger partial charge in [0.25, 0.3) is 0 Å². The average molecular weight is 104 g/mol. The molecular formula is CH2FNaO3. The van der Waals surface area contributed by atoms with Crippen LogP contribution in [-0.4, -0.2) is 16.4 Å². The van der Waals surface area contributed by atoms with Gasteiger partial charge in [0.2, 0.25) is 0 Å². The Morgan fingerprint density at radius 1 is 1.33 bits per heavy atom. The fraction of sp³-hybridized carbons (Fsp3) is 0. The van der Waals surface area contributed by atoms with Crippen LogP contribution in [0.5, 0.6) is 0 Å². The van der Waals surface area contributed by atoms with Crippen LogP contribution in [0, 0.1) is 0 Å². The number of carboxylic acid groups (broad SMARTS) is 2. The van der Waals surface area contributed by atoms with Crippen molar-refractivity contribution in [1.29, 1.82) is 0 Å². The molecule has 0 aromatic rings. The van der Waals surface area contributed by atoms with Crippen molar-refractivity contribution in [3.05, 3.63) is 0 Å². The van der Waals surface area contributed by atoms with Gasteiger partial charge in [0.15, 0.2) is 0 Å². The Balaban J connectivity index is -0.0000000450. The van der Waals surface area contributed by atoms with Gasteiger partial charge in [0, 0.05) is 0 Å². The minimum atomic E-state index is -1.83. The first-order valence-electron chi connectivity index (χ1n) is 0.651. The molecule has 0 saturated carbocycles. The van der Waals surface area contributed by atoms with Crippen LogP contribution in [0.15, 0.2) is 0 Å². The van der Waals surface area contributed by atoms with E-state index in [4.69, 9.17) is 15.0 Å². The first kappa shape index (κ1) is 16.4. The molecule has 2 N–H and O–H groups in total. The van der Waals surface area contributed by atoms with E-state index in [9.17, 15) is 0 Å². The normalized spacial score (nSPS) is 4.00. The van der Waals surface area contributed by atoms with E-state index in [-0.39, 0.29) is 34.3 Å². The van der Waals surface area contributed by atoms with Crippen LogP contribution < -0.4 is 34.3 Å². The second kappa shape index (κ2) is 8.96. The molecule has 0 unspecified atom stereocenters. The number of carbonyl (C=O) groups is 1. The Labute approximate surface area is 55.6 Å². The molecule has 0 aliphatic heterocycles. The predicted octanol–water partition coefficient (Wildman–Crippen LogP) is -5.77. The number of halogens is 1. The molecule has 0 aliphatic rings. The molecule has 32 valence electrons. The van der Waals surface area contributed by atoms with Crippen LogP contribution >= 0.6 is 0 Å². The van der Waals surface area contributed by atoms with Crippen molar-refractivity contribution < 1.29 is 49.3 Å². The van der Waals surface area contributed by atoms with Gasteiger partial charge in [-0.3, -0.25) is 0 Å². The monoisotopic (exact) mass is 104 g/mol. The maximum atomic E-state index is 8.56. The van der Waals surface area contributed by atoms with E-state index >= 15 is 0 Å². The third kappa shape index (κ3) is 1080. The van der Waals surface area contributed by atoms with Crippen LogP contribution in [0.4, 0.5) is 4.79 Å². The van der Waals surface area contributed by atoms with Gasteiger partial charge in [0.05, 0.1) is 0 Å². The fourth-order valence-corrected chi connectivity index (χ4v) is 0. The Bertz CT molecular complexity index is 33.8. The van der Waals surface area contributed by atoms with Gasteiger partial charge in [-0.1, -0.05) is 0 Å². The van der Waals surface area contributed by atoms with E-state index in [0.717, 1.165) is 0 Å². The summed E-state index contributed by atoms with van der Waals surface area (Å²) < 4.78 is 0. The molecule has 0 amide bonds. The molecule has 0 atom stereocenters. The van der Waals surface area contributed by atoms with E-state index in [0.29, 0.717) is 0 Å². The van der Waals surface area contributed by atoms with E-state index in [1.807, 2.05) is 0 Å². The van der Waals surface area contributed by atoms with Crippen LogP contribution in [0.25, 0.3) is 0 Å². The molecule has 0 aromatic carbocycles. The summed E-state index contributed by atoms with van der Waals surface area (Å²) in [6.07, 6.45) is -1.83. The maximum Gasteiger partial charge on any atom is 1.00 e. The van der Waals surface area contributed by atoms with Crippen molar-refractivity contribution in [2.45, 2.75) is 0 Å². The van der Waals surface area contributed by atoms with Crippen molar-refractivity contribution in [1.82, 2.24) is 0 Å². The number of hydrogen-bond donors (Lipinski definition) is 2. The minimum Gasteiger partial charge on any atom is -1.00 e. The van der Waals surface area contributed by atoms with E-state index in [1.165, 1.54) is 0 Å². The zero-order valence-electron chi connectivity index (χ0n) is 3.18. The van der Waals surface area contributed by atoms with Gasteiger partial charge >= 0.3 is 35.7 Å². The summed E-state index contributed by atoms with van der Waals surface area (Å²) in [5, 5.41) is 13.9. The largest absolute Gasteiger partial charge is 1.00 e. The topological polar surface area (TPSA) is 57.5 Å². The molecule has 0 saturated heterocycles. The van der Waals surface area contributed by atoms with Crippen molar-refractivity contribution in [3.63, 3.8) is 0 Å². The van der Waals surface area contributed by atoms with Crippen molar-refractivity contribution in [3.8, 4) is 0 Å². The minimum absolute atomic E-state index is 0. The quantitative estimate of drug-likeness (QED) is 0.301. The maximum absolute atomic E-state index is 8.56. The number of rotatable bonds is 0. The zero-order valence-corrected chi connectivity index (χ0v) is 5.18. The molecule has 0 radical (unpaired) electrons. The second-order valence-corrected chi connectivity index (χ2v) is 0.283. The summed E-state index contributed by atoms with van der Waals surface area (Å²) in [5.74, 6) is 0. The van der Waals surface area contributed by atoms with Gasteiger partial charge in [-0.05, 0) is 0 Å². The van der Waals surface area contributed by atoms with Crippen LogP contribution in [-0.2, 0) is 0 Å². The van der Waals surface area contributed by atoms with Gasteiger partial charge in [-0.2, -0.15) is 0 Å². The standard InChI is InChI=1S/CH2O3.FH.Na/c2-1(3)4;;/h(H2,2,3,4);1H;/q;;+1/p-1. The molecule has 0 bridgehead atoms. The molecular weight excluding hydrogens is 102 g/mol. The van der Waals surface area contributed by atoms with Crippen molar-refractivity contribution in [2.75, 3.05) is 0 Å². The van der Waals surface area contributed by atoms with Crippen molar-refractivity contribution in [2.24, 2.45) is 0 Å². The Kier molecular flexibility index (Phi) is 24.4. The molecule has 0 aromatic heterocycles. The third-order valence-corrected chi connectivity index (χ3v) is 0. The molecule has 5 heteroatoms. The average Bonchev–Trinajstić information content (AvgIpc) is 0.811. The summed E-state index contributed by atoms with van der Waals surface area (Å²) in [6, 6.07) is 0. The first-order chi connectivity index (χ1) is 1.73. The zero-order chi connectivity index (χ0) is 3.58. The van der Waals surface area contributed by atoms with Gasteiger partial charge < -0.3 is 14.9 Å². The van der Waals surface area contributed by atoms with Crippen LogP contribution in [0.3, 0.4) is 0 Å². The summed E-state index contributed by atoms with van der Waals surface area (Å²) >= 11 is 0. The van der Waals surface area contributed by atoms with Crippen molar-refractivity contribution >= 4 is 6.16 Å². The summed E-state index contributed by atoms with van der Waals surface area (Å²) in [6.45, 7) is 0. The summed E-state index contributed by atoms with van der Waals surface area (Å²) in [7, 11) is 0. The first-order valence-corrected chi connectivity index (χ1v) is 0.651. The van der Waals surface area contributed by atoms with E-state index < -0.39 is 6.16 Å². The van der Waals surface area contributed by atoms with Gasteiger partial charge in [0.1, 0.15) is 0 Å². The predicted molar refractivity (Wildman–Crippen MR) is 10.7 cm³/mol. The Hall–Kier alpha value is 0.200. The molecule has 0 heterocycles. The smallest absolute Gasteiger partial charge is 1.00 e. The van der Waals surface area contributed by atoms with Gasteiger partial charge in [-0.25, -0.2) is 4.79 Å². The second-order valence-electron chi connectivity index (χ2n) is 0.283. The molecule has 0 rings (SSSR count).